The van der Waals surface area contributed by atoms with Gasteiger partial charge in [-0.1, -0.05) is 30.0 Å². The maximum absolute atomic E-state index is 14.3. The largest absolute Gasteiger partial charge is 0.356 e. The number of aryl methyl sites for hydroxylation is 1. The first-order valence-corrected chi connectivity index (χ1v) is 14.3. The zero-order chi connectivity index (χ0) is 27.0. The van der Waals surface area contributed by atoms with Crippen LogP contribution >= 0.6 is 0 Å². The molecule has 1 unspecified atom stereocenters. The Bertz CT molecular complexity index is 1690. The van der Waals surface area contributed by atoms with Crippen LogP contribution in [0.3, 0.4) is 0 Å². The van der Waals surface area contributed by atoms with Crippen molar-refractivity contribution < 1.29 is 9.18 Å². The molecule has 2 saturated carbocycles. The fourth-order valence-corrected chi connectivity index (χ4v) is 6.77. The number of piperidine rings is 1. The first-order valence-electron chi connectivity index (χ1n) is 14.3. The molecule has 202 valence electrons. The molecule has 0 spiro atoms. The highest BCUT2D eigenvalue weighted by molar-refractivity contribution is 5.93. The zero-order valence-electron chi connectivity index (χ0n) is 22.5. The van der Waals surface area contributed by atoms with Gasteiger partial charge in [0.2, 0.25) is 0 Å². The van der Waals surface area contributed by atoms with Crippen LogP contribution in [0, 0.1) is 30.1 Å². The second kappa shape index (κ2) is 8.77. The van der Waals surface area contributed by atoms with Gasteiger partial charge >= 0.3 is 0 Å². The minimum absolute atomic E-state index is 0.124. The quantitative estimate of drug-likeness (QED) is 0.374. The monoisotopic (exact) mass is 534 g/mol. The molecule has 0 bridgehead atoms. The number of alkyl halides is 1. The van der Waals surface area contributed by atoms with Crippen molar-refractivity contribution in [2.24, 2.45) is 11.3 Å². The van der Waals surface area contributed by atoms with Crippen molar-refractivity contribution in [3.05, 3.63) is 82.8 Å². The van der Waals surface area contributed by atoms with Gasteiger partial charge in [-0.2, -0.15) is 0 Å². The van der Waals surface area contributed by atoms with Gasteiger partial charge in [0.25, 0.3) is 5.91 Å². The van der Waals surface area contributed by atoms with Gasteiger partial charge in [-0.15, -0.1) is 0 Å². The summed E-state index contributed by atoms with van der Waals surface area (Å²) in [5, 5.41) is 4.20. The number of benzene rings is 1. The molecule has 40 heavy (non-hydrogen) atoms. The summed E-state index contributed by atoms with van der Waals surface area (Å²) in [5.41, 5.74) is 5.24. The standard InChI is InChI=1S/C32H31FN6O/c1-19-10-20(8-9-32-14-22(32)15-38(17-32)24-6-7-24)11-27(35-19)31(40)37-29(26-12-21-4-2-3-5-25(21)36-26)30-28-13-23(33)16-39(28)18-34-30/h2-5,10-12,18,22-24,29,36H,6-7,13-17H2,1H3,(H,37,40)/t22-,23+,29?,32+/m0/s1. The lowest BCUT2D eigenvalue weighted by Crippen LogP contribution is -2.31. The van der Waals surface area contributed by atoms with Gasteiger partial charge in [0.05, 0.1) is 18.6 Å². The highest BCUT2D eigenvalue weighted by Crippen LogP contribution is 2.59. The molecule has 8 rings (SSSR count). The Kier molecular flexibility index (Phi) is 5.24. The number of carbonyl (C=O) groups excluding carboxylic acids is 1. The second-order valence-electron chi connectivity index (χ2n) is 12.1. The molecule has 1 aromatic carbocycles. The number of nitrogens with zero attached hydrogens (tertiary/aromatic N) is 4. The molecule has 4 aromatic rings. The Morgan fingerprint density at radius 2 is 2.10 bits per heavy atom. The number of hydrogen-bond donors (Lipinski definition) is 2. The van der Waals surface area contributed by atoms with Crippen molar-refractivity contribution in [1.29, 1.82) is 0 Å². The van der Waals surface area contributed by atoms with Gasteiger partial charge in [-0.3, -0.25) is 9.69 Å². The van der Waals surface area contributed by atoms with Crippen LogP contribution in [0.25, 0.3) is 10.9 Å². The van der Waals surface area contributed by atoms with Gasteiger partial charge in [-0.25, -0.2) is 14.4 Å². The van der Waals surface area contributed by atoms with E-state index >= 15 is 0 Å². The van der Waals surface area contributed by atoms with Gasteiger partial charge in [0, 0.05) is 59.1 Å². The molecule has 3 fully saturated rings. The third-order valence-corrected chi connectivity index (χ3v) is 9.08. The lowest BCUT2D eigenvalue weighted by Gasteiger charge is -2.18. The van der Waals surface area contributed by atoms with E-state index in [0.29, 0.717) is 17.3 Å². The highest BCUT2D eigenvalue weighted by Gasteiger charge is 2.60. The van der Waals surface area contributed by atoms with Crippen LogP contribution in [-0.4, -0.2) is 55.6 Å². The van der Waals surface area contributed by atoms with E-state index in [9.17, 15) is 9.18 Å². The minimum atomic E-state index is -0.947. The number of rotatable bonds is 5. The Morgan fingerprint density at radius 1 is 1.23 bits per heavy atom. The normalized spacial score (nSPS) is 25.8. The van der Waals surface area contributed by atoms with Crippen molar-refractivity contribution in [2.75, 3.05) is 13.1 Å². The number of fused-ring (bicyclic) bond motifs is 3. The van der Waals surface area contributed by atoms with Crippen LogP contribution in [0.5, 0.6) is 0 Å². The molecular formula is C32H31FN6O. The van der Waals surface area contributed by atoms with E-state index in [2.05, 4.69) is 37.0 Å². The van der Waals surface area contributed by atoms with Crippen molar-refractivity contribution in [3.8, 4) is 11.8 Å². The van der Waals surface area contributed by atoms with Gasteiger partial charge in [-0.05, 0) is 61.8 Å². The van der Waals surface area contributed by atoms with E-state index in [1.807, 2.05) is 47.9 Å². The number of likely N-dealkylation sites (tertiary alicyclic amines) is 1. The van der Waals surface area contributed by atoms with E-state index in [1.165, 1.54) is 25.8 Å². The molecule has 0 radical (unpaired) electrons. The SMILES string of the molecule is Cc1cc(C#C[C@]23C[C@H]2CN(C2CC2)C3)cc(C(=O)NC(c2cc3ccccc3[nH]2)c2ncn3c2C[C@@H](F)C3)n1. The summed E-state index contributed by atoms with van der Waals surface area (Å²) >= 11 is 0. The first kappa shape index (κ1) is 23.9. The Hall–Kier alpha value is -3.96. The number of nitrogens with one attached hydrogen (secondary N) is 2. The smallest absolute Gasteiger partial charge is 0.270 e. The fourth-order valence-electron chi connectivity index (χ4n) is 6.77. The number of amides is 1. The summed E-state index contributed by atoms with van der Waals surface area (Å²) in [5.74, 6) is 7.35. The average Bonchev–Trinajstić information content (AvgIpc) is 3.69. The fraction of sp³-hybridized carbons (Fsp3) is 0.406. The van der Waals surface area contributed by atoms with Gasteiger partial charge in [0.15, 0.2) is 0 Å². The Morgan fingerprint density at radius 3 is 2.95 bits per heavy atom. The predicted molar refractivity (Wildman–Crippen MR) is 149 cm³/mol. The molecule has 2 aliphatic heterocycles. The third kappa shape index (κ3) is 4.11. The van der Waals surface area contributed by atoms with Crippen molar-refractivity contribution in [2.45, 2.75) is 57.4 Å². The maximum Gasteiger partial charge on any atom is 0.270 e. The Labute approximate surface area is 232 Å². The van der Waals surface area contributed by atoms with E-state index in [4.69, 9.17) is 0 Å². The molecule has 4 aliphatic rings. The number of pyridine rings is 1. The first-order chi connectivity index (χ1) is 19.4. The van der Waals surface area contributed by atoms with Crippen molar-refractivity contribution >= 4 is 16.8 Å². The van der Waals surface area contributed by atoms with E-state index in [1.54, 1.807) is 12.4 Å². The number of carbonyl (C=O) groups is 1. The lowest BCUT2D eigenvalue weighted by molar-refractivity contribution is 0.0936. The van der Waals surface area contributed by atoms with Crippen LogP contribution in [0.2, 0.25) is 0 Å². The summed E-state index contributed by atoms with van der Waals surface area (Å²) in [6.45, 7) is 4.44. The maximum atomic E-state index is 14.3. The topological polar surface area (TPSA) is 78.8 Å². The molecule has 2 aliphatic carbocycles. The van der Waals surface area contributed by atoms with Crippen molar-refractivity contribution in [1.82, 2.24) is 29.7 Å². The van der Waals surface area contributed by atoms with Gasteiger partial charge < -0.3 is 14.9 Å². The number of aromatic nitrogens is 4. The highest BCUT2D eigenvalue weighted by atomic mass is 19.1. The number of hydrogen-bond acceptors (Lipinski definition) is 4. The Balaban J connectivity index is 1.09. The van der Waals surface area contributed by atoms with Crippen LogP contribution in [0.15, 0.2) is 48.8 Å². The van der Waals surface area contributed by atoms with Crippen LogP contribution in [0.4, 0.5) is 4.39 Å². The lowest BCUT2D eigenvalue weighted by atomic mass is 10.0. The molecule has 7 nitrogen and oxygen atoms in total. The zero-order valence-corrected chi connectivity index (χ0v) is 22.5. The molecule has 5 heterocycles. The minimum Gasteiger partial charge on any atom is -0.356 e. The summed E-state index contributed by atoms with van der Waals surface area (Å²) in [6.07, 6.45) is 4.84. The summed E-state index contributed by atoms with van der Waals surface area (Å²) < 4.78 is 16.1. The molecule has 2 N–H and O–H groups in total. The van der Waals surface area contributed by atoms with Crippen LogP contribution in [0.1, 0.15) is 64.1 Å². The predicted octanol–water partition coefficient (Wildman–Crippen LogP) is 4.32. The second-order valence-corrected chi connectivity index (χ2v) is 12.1. The molecule has 3 aromatic heterocycles. The van der Waals surface area contributed by atoms with Crippen molar-refractivity contribution in [3.63, 3.8) is 0 Å². The van der Waals surface area contributed by atoms with E-state index in [0.717, 1.165) is 46.1 Å². The third-order valence-electron chi connectivity index (χ3n) is 9.08. The number of para-hydroxylation sites is 1. The summed E-state index contributed by atoms with van der Waals surface area (Å²) in [7, 11) is 0. The average molecular weight is 535 g/mol. The number of aromatic amines is 1. The molecule has 4 atom stereocenters. The summed E-state index contributed by atoms with van der Waals surface area (Å²) in [4.78, 5) is 28.9. The summed E-state index contributed by atoms with van der Waals surface area (Å²) in [6, 6.07) is 13.9. The van der Waals surface area contributed by atoms with Crippen LogP contribution < -0.4 is 5.32 Å². The molecule has 1 amide bonds. The van der Waals surface area contributed by atoms with E-state index < -0.39 is 12.2 Å². The number of imidazole rings is 1. The van der Waals surface area contributed by atoms with Crippen LogP contribution in [-0.2, 0) is 13.0 Å². The molecule has 1 saturated heterocycles. The molecular weight excluding hydrogens is 503 g/mol. The molecule has 8 heteroatoms. The van der Waals surface area contributed by atoms with E-state index in [-0.39, 0.29) is 24.3 Å². The van der Waals surface area contributed by atoms with Gasteiger partial charge in [0.1, 0.15) is 17.9 Å². The number of halogens is 1. The number of H-pyrrole nitrogens is 1.